The number of nitrogens with two attached hydrogens (primary N) is 1. The molecule has 8 heteroatoms. The highest BCUT2D eigenvalue weighted by Crippen LogP contribution is 2.24. The van der Waals surface area contributed by atoms with Crippen LogP contribution in [0.3, 0.4) is 0 Å². The molecule has 0 aliphatic carbocycles. The van der Waals surface area contributed by atoms with Gasteiger partial charge in [0.05, 0.1) is 5.69 Å². The van der Waals surface area contributed by atoms with Gasteiger partial charge < -0.3 is 5.43 Å². The molecule has 0 unspecified atom stereocenters. The summed E-state index contributed by atoms with van der Waals surface area (Å²) in [6, 6.07) is 6.47. The van der Waals surface area contributed by atoms with Gasteiger partial charge in [-0.1, -0.05) is 12.1 Å². The quantitative estimate of drug-likeness (QED) is 0.590. The largest absolute Gasteiger partial charge is 0.323 e. The van der Waals surface area contributed by atoms with Gasteiger partial charge in [-0.05, 0) is 12.1 Å². The van der Waals surface area contributed by atoms with Gasteiger partial charge in [0.25, 0.3) is 0 Å². The lowest BCUT2D eigenvalue weighted by Crippen LogP contribution is -2.41. The average molecular weight is 289 g/mol. The minimum absolute atomic E-state index is 0.153. The second-order valence-electron chi connectivity index (χ2n) is 3.89. The van der Waals surface area contributed by atoms with Crippen molar-refractivity contribution in [2.45, 2.75) is 4.90 Å². The van der Waals surface area contributed by atoms with Gasteiger partial charge >= 0.3 is 0 Å². The Morgan fingerprint density at radius 3 is 2.44 bits per heavy atom. The van der Waals surface area contributed by atoms with Crippen LogP contribution in [0.2, 0.25) is 0 Å². The number of benzene rings is 1. The van der Waals surface area contributed by atoms with Gasteiger partial charge in [0.2, 0.25) is 10.0 Å². The monoisotopic (exact) mass is 289 g/mol. The van der Waals surface area contributed by atoms with Crippen molar-refractivity contribution < 1.29 is 12.6 Å². The van der Waals surface area contributed by atoms with E-state index in [4.69, 9.17) is 5.84 Å². The SMILES string of the molecule is NNc1ccccc1S(=O)(=O)N1CCS(=O)CC1. The van der Waals surface area contributed by atoms with Gasteiger partial charge in [-0.3, -0.25) is 10.1 Å². The molecule has 1 aliphatic rings. The predicted molar refractivity (Wildman–Crippen MR) is 70.9 cm³/mol. The molecule has 0 spiro atoms. The molecule has 6 nitrogen and oxygen atoms in total. The summed E-state index contributed by atoms with van der Waals surface area (Å²) >= 11 is 0. The van der Waals surface area contributed by atoms with Crippen LogP contribution in [0.1, 0.15) is 0 Å². The molecule has 0 radical (unpaired) electrons. The lowest BCUT2D eigenvalue weighted by molar-refractivity contribution is 0.439. The molecule has 18 heavy (non-hydrogen) atoms. The molecule has 1 saturated heterocycles. The van der Waals surface area contributed by atoms with E-state index >= 15 is 0 Å². The summed E-state index contributed by atoms with van der Waals surface area (Å²) in [5, 5.41) is 0. The first kappa shape index (κ1) is 13.5. The van der Waals surface area contributed by atoms with Crippen molar-refractivity contribution in [2.75, 3.05) is 30.0 Å². The molecule has 0 aromatic heterocycles. The van der Waals surface area contributed by atoms with Crippen LogP contribution in [0.25, 0.3) is 0 Å². The maximum absolute atomic E-state index is 12.4. The lowest BCUT2D eigenvalue weighted by Gasteiger charge is -2.26. The Balaban J connectivity index is 2.33. The fourth-order valence-corrected chi connectivity index (χ4v) is 4.69. The van der Waals surface area contributed by atoms with Crippen LogP contribution in [0, 0.1) is 0 Å². The topological polar surface area (TPSA) is 92.5 Å². The Kier molecular flexibility index (Phi) is 4.00. The first-order valence-corrected chi connectivity index (χ1v) is 8.39. The highest BCUT2D eigenvalue weighted by Gasteiger charge is 2.29. The Morgan fingerprint density at radius 2 is 1.83 bits per heavy atom. The third-order valence-electron chi connectivity index (χ3n) is 2.80. The van der Waals surface area contributed by atoms with Crippen LogP contribution < -0.4 is 11.3 Å². The zero-order valence-corrected chi connectivity index (χ0v) is 11.3. The first-order valence-electron chi connectivity index (χ1n) is 5.46. The number of para-hydroxylation sites is 1. The summed E-state index contributed by atoms with van der Waals surface area (Å²) in [5.41, 5.74) is 2.75. The maximum atomic E-state index is 12.4. The molecular weight excluding hydrogens is 274 g/mol. The minimum Gasteiger partial charge on any atom is -0.323 e. The van der Waals surface area contributed by atoms with E-state index in [-0.39, 0.29) is 18.0 Å². The van der Waals surface area contributed by atoms with Crippen molar-refractivity contribution in [3.05, 3.63) is 24.3 Å². The second kappa shape index (κ2) is 5.35. The van der Waals surface area contributed by atoms with Crippen molar-refractivity contribution >= 4 is 26.5 Å². The van der Waals surface area contributed by atoms with Gasteiger partial charge in [0.1, 0.15) is 4.90 Å². The lowest BCUT2D eigenvalue weighted by atomic mass is 10.3. The van der Waals surface area contributed by atoms with Crippen molar-refractivity contribution in [1.29, 1.82) is 0 Å². The van der Waals surface area contributed by atoms with Crippen LogP contribution >= 0.6 is 0 Å². The highest BCUT2D eigenvalue weighted by molar-refractivity contribution is 7.89. The van der Waals surface area contributed by atoms with E-state index < -0.39 is 20.8 Å². The standard InChI is InChI=1S/C10H15N3O3S2/c11-12-9-3-1-2-4-10(9)18(15,16)13-5-7-17(14)8-6-13/h1-4,12H,5-8,11H2. The van der Waals surface area contributed by atoms with Crippen LogP contribution in [0.5, 0.6) is 0 Å². The molecule has 1 heterocycles. The zero-order chi connectivity index (χ0) is 13.2. The number of nitrogens with one attached hydrogen (secondary N) is 1. The molecule has 0 saturated carbocycles. The summed E-state index contributed by atoms with van der Waals surface area (Å²) in [6.45, 7) is 0.571. The normalized spacial score (nSPS) is 18.7. The Hall–Kier alpha value is -0.960. The number of hydrazine groups is 1. The van der Waals surface area contributed by atoms with E-state index in [0.717, 1.165) is 0 Å². The summed E-state index contributed by atoms with van der Waals surface area (Å²) < 4.78 is 37.4. The first-order chi connectivity index (χ1) is 8.55. The van der Waals surface area contributed by atoms with E-state index in [1.807, 2.05) is 0 Å². The van der Waals surface area contributed by atoms with Gasteiger partial charge in [-0.2, -0.15) is 4.31 Å². The van der Waals surface area contributed by atoms with Gasteiger partial charge in [0, 0.05) is 35.4 Å². The molecule has 1 aromatic carbocycles. The molecule has 1 aliphatic heterocycles. The number of hydrogen-bond donors (Lipinski definition) is 2. The second-order valence-corrected chi connectivity index (χ2v) is 7.50. The van der Waals surface area contributed by atoms with Gasteiger partial charge in [0.15, 0.2) is 0 Å². The summed E-state index contributed by atoms with van der Waals surface area (Å²) in [5.74, 6) is 6.09. The Labute approximate surface area is 109 Å². The molecule has 1 aromatic rings. The third-order valence-corrected chi connectivity index (χ3v) is 6.03. The molecule has 0 atom stereocenters. The van der Waals surface area contributed by atoms with Crippen LogP contribution in [-0.2, 0) is 20.8 Å². The highest BCUT2D eigenvalue weighted by atomic mass is 32.2. The van der Waals surface area contributed by atoms with Gasteiger partial charge in [-0.25, -0.2) is 8.42 Å². The van der Waals surface area contributed by atoms with Crippen LogP contribution in [0.4, 0.5) is 5.69 Å². The number of nitrogens with zero attached hydrogens (tertiary/aromatic N) is 1. The number of sulfonamides is 1. The fraction of sp³-hybridized carbons (Fsp3) is 0.400. The molecule has 100 valence electrons. The van der Waals surface area contributed by atoms with Crippen molar-refractivity contribution in [3.8, 4) is 0 Å². The van der Waals surface area contributed by atoms with Crippen molar-refractivity contribution in [3.63, 3.8) is 0 Å². The maximum Gasteiger partial charge on any atom is 0.245 e. The zero-order valence-electron chi connectivity index (χ0n) is 9.70. The van der Waals surface area contributed by atoms with Crippen LogP contribution in [0.15, 0.2) is 29.2 Å². The number of nitrogen functional groups attached to an aromatic ring is 1. The summed E-state index contributed by atoms with van der Waals surface area (Å²) in [6.07, 6.45) is 0. The van der Waals surface area contributed by atoms with Crippen LogP contribution in [-0.4, -0.2) is 41.5 Å². The molecule has 2 rings (SSSR count). The molecule has 1 fully saturated rings. The van der Waals surface area contributed by atoms with Crippen molar-refractivity contribution in [2.24, 2.45) is 5.84 Å². The fourth-order valence-electron chi connectivity index (χ4n) is 1.81. The third kappa shape index (κ3) is 2.56. The predicted octanol–water partition coefficient (Wildman–Crippen LogP) is -0.275. The number of hydrogen-bond acceptors (Lipinski definition) is 5. The van der Waals surface area contributed by atoms with E-state index in [1.165, 1.54) is 10.4 Å². The smallest absolute Gasteiger partial charge is 0.245 e. The minimum atomic E-state index is -3.57. The Bertz CT molecular complexity index is 549. The molecule has 3 N–H and O–H groups in total. The van der Waals surface area contributed by atoms with E-state index in [2.05, 4.69) is 5.43 Å². The van der Waals surface area contributed by atoms with E-state index in [9.17, 15) is 12.6 Å². The van der Waals surface area contributed by atoms with E-state index in [1.54, 1.807) is 18.2 Å². The van der Waals surface area contributed by atoms with Crippen molar-refractivity contribution in [1.82, 2.24) is 4.31 Å². The average Bonchev–Trinajstić information content (AvgIpc) is 2.39. The van der Waals surface area contributed by atoms with E-state index in [0.29, 0.717) is 17.2 Å². The molecule has 0 bridgehead atoms. The number of rotatable bonds is 3. The summed E-state index contributed by atoms with van der Waals surface area (Å²) in [7, 11) is -4.48. The molecule has 0 amide bonds. The number of anilines is 1. The molecular formula is C10H15N3O3S2. The Morgan fingerprint density at radius 1 is 1.22 bits per heavy atom. The summed E-state index contributed by atoms with van der Waals surface area (Å²) in [4.78, 5) is 0.153. The van der Waals surface area contributed by atoms with Gasteiger partial charge in [-0.15, -0.1) is 0 Å².